The van der Waals surface area contributed by atoms with Crippen LogP contribution in [0.5, 0.6) is 0 Å². The summed E-state index contributed by atoms with van der Waals surface area (Å²) in [6.07, 6.45) is 1.27. The first-order chi connectivity index (χ1) is 8.56. The van der Waals surface area contributed by atoms with Crippen LogP contribution >= 0.6 is 0 Å². The quantitative estimate of drug-likeness (QED) is 0.747. The van der Waals surface area contributed by atoms with E-state index in [-0.39, 0.29) is 19.1 Å². The van der Waals surface area contributed by atoms with E-state index in [1.165, 1.54) is 0 Å². The molecule has 0 aromatic carbocycles. The van der Waals surface area contributed by atoms with Gasteiger partial charge < -0.3 is 19.6 Å². The molecule has 2 heterocycles. The zero-order valence-electron chi connectivity index (χ0n) is 10.7. The van der Waals surface area contributed by atoms with Crippen LogP contribution < -0.4 is 0 Å². The Morgan fingerprint density at radius 2 is 2.11 bits per heavy atom. The molecule has 2 saturated heterocycles. The van der Waals surface area contributed by atoms with E-state index in [1.54, 1.807) is 4.90 Å². The van der Waals surface area contributed by atoms with Crippen molar-refractivity contribution in [2.45, 2.75) is 18.9 Å². The molecular weight excluding hydrogens is 236 g/mol. The fraction of sp³-hybridized carbons (Fsp3) is 0.833. The van der Waals surface area contributed by atoms with Crippen molar-refractivity contribution in [3.05, 3.63) is 0 Å². The Balaban J connectivity index is 1.86. The lowest BCUT2D eigenvalue weighted by atomic mass is 9.96. The molecule has 0 saturated carbocycles. The van der Waals surface area contributed by atoms with Gasteiger partial charge in [0, 0.05) is 6.54 Å². The third kappa shape index (κ3) is 3.20. The number of amides is 1. The predicted octanol–water partition coefficient (Wildman–Crippen LogP) is -0.360. The molecule has 6 heteroatoms. The van der Waals surface area contributed by atoms with Gasteiger partial charge in [0.15, 0.2) is 6.10 Å². The fourth-order valence-corrected chi connectivity index (χ4v) is 2.50. The molecule has 18 heavy (non-hydrogen) atoms. The minimum absolute atomic E-state index is 0.0913. The number of morpholine rings is 1. The molecule has 0 aromatic rings. The molecule has 1 atom stereocenters. The summed E-state index contributed by atoms with van der Waals surface area (Å²) in [5.41, 5.74) is 0. The number of carbonyl (C=O) groups excluding carboxylic acids is 1. The number of carboxylic acids is 1. The highest BCUT2D eigenvalue weighted by Crippen LogP contribution is 2.19. The van der Waals surface area contributed by atoms with Crippen LogP contribution in [0.2, 0.25) is 0 Å². The first-order valence-corrected chi connectivity index (χ1v) is 6.37. The van der Waals surface area contributed by atoms with Crippen molar-refractivity contribution < 1.29 is 19.4 Å². The highest BCUT2D eigenvalue weighted by atomic mass is 16.5. The highest BCUT2D eigenvalue weighted by molar-refractivity contribution is 5.81. The minimum atomic E-state index is -0.990. The zero-order valence-corrected chi connectivity index (χ0v) is 10.7. The monoisotopic (exact) mass is 256 g/mol. The number of aliphatic carboxylic acids is 1. The van der Waals surface area contributed by atoms with Crippen LogP contribution in [0.4, 0.5) is 0 Å². The molecule has 102 valence electrons. The summed E-state index contributed by atoms with van der Waals surface area (Å²) in [6.45, 7) is 2.83. The van der Waals surface area contributed by atoms with Crippen molar-refractivity contribution in [3.8, 4) is 0 Å². The standard InChI is InChI=1S/C12H20N2O4/c1-13-4-2-9(3-5-13)6-14-7-10(12(16)17)18-8-11(14)15/h9-10H,2-8H2,1H3,(H,16,17). The van der Waals surface area contributed by atoms with Gasteiger partial charge in [0.2, 0.25) is 5.91 Å². The molecule has 0 radical (unpaired) electrons. The molecule has 1 N–H and O–H groups in total. The lowest BCUT2D eigenvalue weighted by molar-refractivity contribution is -0.165. The van der Waals surface area contributed by atoms with Gasteiger partial charge in [0.05, 0.1) is 6.54 Å². The lowest BCUT2D eigenvalue weighted by Crippen LogP contribution is -2.51. The van der Waals surface area contributed by atoms with Crippen molar-refractivity contribution in [2.24, 2.45) is 5.92 Å². The number of rotatable bonds is 3. The van der Waals surface area contributed by atoms with Gasteiger partial charge in [-0.1, -0.05) is 0 Å². The van der Waals surface area contributed by atoms with Gasteiger partial charge in [-0.25, -0.2) is 4.79 Å². The molecule has 1 amide bonds. The zero-order chi connectivity index (χ0) is 13.1. The summed E-state index contributed by atoms with van der Waals surface area (Å²) in [5.74, 6) is -0.597. The summed E-state index contributed by atoms with van der Waals surface area (Å²) >= 11 is 0. The van der Waals surface area contributed by atoms with Crippen molar-refractivity contribution in [3.63, 3.8) is 0 Å². The number of likely N-dealkylation sites (tertiary alicyclic amines) is 1. The first-order valence-electron chi connectivity index (χ1n) is 6.37. The number of hydrogen-bond acceptors (Lipinski definition) is 4. The van der Waals surface area contributed by atoms with E-state index in [4.69, 9.17) is 9.84 Å². The molecule has 1 unspecified atom stereocenters. The van der Waals surface area contributed by atoms with Crippen molar-refractivity contribution in [2.75, 3.05) is 39.8 Å². The SMILES string of the molecule is CN1CCC(CN2CC(C(=O)O)OCC2=O)CC1. The topological polar surface area (TPSA) is 70.1 Å². The molecule has 0 aliphatic carbocycles. The van der Waals surface area contributed by atoms with Gasteiger partial charge in [-0.05, 0) is 38.9 Å². The van der Waals surface area contributed by atoms with E-state index in [9.17, 15) is 9.59 Å². The van der Waals surface area contributed by atoms with E-state index in [0.29, 0.717) is 12.5 Å². The Bertz CT molecular complexity index is 326. The largest absolute Gasteiger partial charge is 0.479 e. The van der Waals surface area contributed by atoms with Gasteiger partial charge in [-0.3, -0.25) is 4.79 Å². The minimum Gasteiger partial charge on any atom is -0.479 e. The normalized spacial score (nSPS) is 27.5. The van der Waals surface area contributed by atoms with Gasteiger partial charge in [-0.2, -0.15) is 0 Å². The predicted molar refractivity (Wildman–Crippen MR) is 64.2 cm³/mol. The van der Waals surface area contributed by atoms with Gasteiger partial charge in [0.1, 0.15) is 6.61 Å². The molecule has 2 aliphatic heterocycles. The smallest absolute Gasteiger partial charge is 0.334 e. The van der Waals surface area contributed by atoms with Crippen LogP contribution in [-0.2, 0) is 14.3 Å². The molecule has 2 rings (SSSR count). The maximum Gasteiger partial charge on any atom is 0.334 e. The number of carbonyl (C=O) groups is 2. The third-order valence-corrected chi connectivity index (χ3v) is 3.74. The van der Waals surface area contributed by atoms with Crippen LogP contribution in [0.25, 0.3) is 0 Å². The second-order valence-corrected chi connectivity index (χ2v) is 5.18. The Morgan fingerprint density at radius 1 is 1.44 bits per heavy atom. The average Bonchev–Trinajstić information content (AvgIpc) is 2.34. The van der Waals surface area contributed by atoms with E-state index >= 15 is 0 Å². The molecule has 0 spiro atoms. The second-order valence-electron chi connectivity index (χ2n) is 5.18. The van der Waals surface area contributed by atoms with Crippen molar-refractivity contribution >= 4 is 11.9 Å². The Kier molecular flexibility index (Phi) is 4.19. The van der Waals surface area contributed by atoms with Crippen LogP contribution in [0.1, 0.15) is 12.8 Å². The van der Waals surface area contributed by atoms with Crippen LogP contribution in [0, 0.1) is 5.92 Å². The summed E-state index contributed by atoms with van der Waals surface area (Å²) in [7, 11) is 2.09. The average molecular weight is 256 g/mol. The maximum absolute atomic E-state index is 11.7. The van der Waals surface area contributed by atoms with E-state index in [2.05, 4.69) is 11.9 Å². The van der Waals surface area contributed by atoms with Crippen LogP contribution in [-0.4, -0.2) is 72.7 Å². The summed E-state index contributed by atoms with van der Waals surface area (Å²) in [5, 5.41) is 8.91. The Hall–Kier alpha value is -1.14. The van der Waals surface area contributed by atoms with Gasteiger partial charge in [-0.15, -0.1) is 0 Å². The summed E-state index contributed by atoms with van der Waals surface area (Å²) in [6, 6.07) is 0. The molecule has 2 aliphatic rings. The Morgan fingerprint density at radius 3 is 2.72 bits per heavy atom. The van der Waals surface area contributed by atoms with Crippen LogP contribution in [0.3, 0.4) is 0 Å². The number of nitrogens with zero attached hydrogens (tertiary/aromatic N) is 2. The van der Waals surface area contributed by atoms with Crippen molar-refractivity contribution in [1.29, 1.82) is 0 Å². The number of hydrogen-bond donors (Lipinski definition) is 1. The molecule has 0 aromatic heterocycles. The fourth-order valence-electron chi connectivity index (χ4n) is 2.50. The second kappa shape index (κ2) is 5.67. The first kappa shape index (κ1) is 13.3. The molecule has 2 fully saturated rings. The van der Waals surface area contributed by atoms with E-state index in [0.717, 1.165) is 25.9 Å². The Labute approximate surface area is 106 Å². The summed E-state index contributed by atoms with van der Waals surface area (Å²) in [4.78, 5) is 26.5. The number of ether oxygens (including phenoxy) is 1. The van der Waals surface area contributed by atoms with E-state index < -0.39 is 12.1 Å². The molecule has 0 bridgehead atoms. The van der Waals surface area contributed by atoms with Crippen molar-refractivity contribution in [1.82, 2.24) is 9.80 Å². The lowest BCUT2D eigenvalue weighted by Gasteiger charge is -2.36. The van der Waals surface area contributed by atoms with E-state index in [1.807, 2.05) is 0 Å². The van der Waals surface area contributed by atoms with Crippen LogP contribution in [0.15, 0.2) is 0 Å². The summed E-state index contributed by atoms with van der Waals surface area (Å²) < 4.78 is 4.99. The highest BCUT2D eigenvalue weighted by Gasteiger charge is 2.32. The number of carboxylic acid groups (broad SMARTS) is 1. The number of piperidine rings is 1. The van der Waals surface area contributed by atoms with Gasteiger partial charge in [0.25, 0.3) is 0 Å². The molecular formula is C12H20N2O4. The maximum atomic E-state index is 11.7. The van der Waals surface area contributed by atoms with Gasteiger partial charge >= 0.3 is 5.97 Å². The molecule has 6 nitrogen and oxygen atoms in total. The third-order valence-electron chi connectivity index (χ3n) is 3.74.